The summed E-state index contributed by atoms with van der Waals surface area (Å²) in [6.45, 7) is 2.49. The number of rotatable bonds is 9. The molecule has 1 heterocycles. The molecule has 0 saturated carbocycles. The van der Waals surface area contributed by atoms with Gasteiger partial charge < -0.3 is 25.2 Å². The number of nitrogens with one attached hydrogen (secondary N) is 1. The number of aromatic hydroxyl groups is 1. The number of carbonyl (C=O) groups excluding carboxylic acids is 1. The van der Waals surface area contributed by atoms with Crippen LogP contribution in [0.5, 0.6) is 11.5 Å². The van der Waals surface area contributed by atoms with Crippen molar-refractivity contribution >= 4 is 35.1 Å². The molecule has 1 amide bonds. The zero-order chi connectivity index (χ0) is 24.0. The van der Waals surface area contributed by atoms with Crippen molar-refractivity contribution in [1.82, 2.24) is 10.2 Å². The van der Waals surface area contributed by atoms with E-state index in [0.717, 1.165) is 37.9 Å². The summed E-state index contributed by atoms with van der Waals surface area (Å²) in [7, 11) is 2.10. The van der Waals surface area contributed by atoms with Crippen LogP contribution in [0.1, 0.15) is 35.2 Å². The third-order valence-electron chi connectivity index (χ3n) is 5.89. The molecule has 2 aromatic rings. The summed E-state index contributed by atoms with van der Waals surface area (Å²) in [5, 5.41) is 22.3. The highest BCUT2D eigenvalue weighted by Crippen LogP contribution is 2.42. The highest BCUT2D eigenvalue weighted by molar-refractivity contribution is 6.39. The topological polar surface area (TPSA) is 99.1 Å². The lowest BCUT2D eigenvalue weighted by Gasteiger charge is -2.28. The molecule has 1 aliphatic heterocycles. The zero-order valence-corrected chi connectivity index (χ0v) is 19.9. The maximum atomic E-state index is 12.7. The number of carbonyl (C=O) groups is 2. The van der Waals surface area contributed by atoms with Crippen molar-refractivity contribution in [3.05, 3.63) is 57.6 Å². The Morgan fingerprint density at radius 3 is 2.52 bits per heavy atom. The predicted molar refractivity (Wildman–Crippen MR) is 127 cm³/mol. The zero-order valence-electron chi connectivity index (χ0n) is 18.4. The van der Waals surface area contributed by atoms with Crippen molar-refractivity contribution in [2.45, 2.75) is 31.7 Å². The summed E-state index contributed by atoms with van der Waals surface area (Å²) < 4.78 is 5.75. The summed E-state index contributed by atoms with van der Waals surface area (Å²) in [6.07, 6.45) is 3.12. The normalized spacial score (nSPS) is 15.7. The lowest BCUT2D eigenvalue weighted by atomic mass is 9.94. The van der Waals surface area contributed by atoms with Gasteiger partial charge in [-0.1, -0.05) is 53.5 Å². The molecule has 7 nitrogen and oxygen atoms in total. The molecule has 1 saturated heterocycles. The fraction of sp³-hybridized carbons (Fsp3) is 0.417. The highest BCUT2D eigenvalue weighted by Gasteiger charge is 2.26. The Balaban J connectivity index is 1.66. The van der Waals surface area contributed by atoms with Crippen LogP contribution in [0.3, 0.4) is 0 Å². The molecular weight excluding hydrogens is 467 g/mol. The van der Waals surface area contributed by atoms with E-state index in [1.54, 1.807) is 24.3 Å². The minimum absolute atomic E-state index is 0.0706. The van der Waals surface area contributed by atoms with Crippen molar-refractivity contribution in [3.8, 4) is 11.5 Å². The molecule has 1 fully saturated rings. The lowest BCUT2D eigenvalue weighted by molar-refractivity contribution is -0.139. The van der Waals surface area contributed by atoms with Crippen LogP contribution < -0.4 is 10.1 Å². The number of benzene rings is 2. The first-order valence-corrected chi connectivity index (χ1v) is 11.6. The standard InChI is InChI=1S/C24H28Cl2N2O5/c1-28-10-7-15(8-11-28)9-12-33-22-18(25)14-17(21(29)20(22)26)23(30)27-19(24(31)32)13-16-5-3-2-4-6-16/h2-6,14-15,19,29H,7-13H2,1H3,(H,27,30)(H,31,32)/t19-/m0/s1. The number of nitrogens with zero attached hydrogens (tertiary/aromatic N) is 1. The van der Waals surface area contributed by atoms with Crippen LogP contribution in [0.2, 0.25) is 10.0 Å². The van der Waals surface area contributed by atoms with Crippen LogP contribution in [-0.2, 0) is 11.2 Å². The van der Waals surface area contributed by atoms with Crippen LogP contribution in [0.25, 0.3) is 0 Å². The van der Waals surface area contributed by atoms with Gasteiger partial charge in [-0.2, -0.15) is 0 Å². The first-order chi connectivity index (χ1) is 15.8. The van der Waals surface area contributed by atoms with E-state index >= 15 is 0 Å². The Morgan fingerprint density at radius 1 is 1.21 bits per heavy atom. The van der Waals surface area contributed by atoms with E-state index in [2.05, 4.69) is 17.3 Å². The van der Waals surface area contributed by atoms with Gasteiger partial charge in [0.25, 0.3) is 5.91 Å². The van der Waals surface area contributed by atoms with Crippen LogP contribution in [0.4, 0.5) is 0 Å². The van der Waals surface area contributed by atoms with Gasteiger partial charge in [0.2, 0.25) is 0 Å². The Hall–Kier alpha value is -2.48. The van der Waals surface area contributed by atoms with Gasteiger partial charge in [-0.3, -0.25) is 4.79 Å². The van der Waals surface area contributed by atoms with Gasteiger partial charge in [-0.25, -0.2) is 4.79 Å². The molecule has 0 aromatic heterocycles. The smallest absolute Gasteiger partial charge is 0.326 e. The Kier molecular flexibility index (Phi) is 8.83. The van der Waals surface area contributed by atoms with Gasteiger partial charge in [0.1, 0.15) is 11.1 Å². The second-order valence-corrected chi connectivity index (χ2v) is 9.12. The van der Waals surface area contributed by atoms with E-state index in [1.165, 1.54) is 6.07 Å². The molecular formula is C24H28Cl2N2O5. The van der Waals surface area contributed by atoms with E-state index in [4.69, 9.17) is 27.9 Å². The molecule has 33 heavy (non-hydrogen) atoms. The predicted octanol–water partition coefficient (Wildman–Crippen LogP) is 4.24. The molecule has 9 heteroatoms. The van der Waals surface area contributed by atoms with Crippen molar-refractivity contribution in [2.75, 3.05) is 26.7 Å². The largest absolute Gasteiger partial charge is 0.505 e. The van der Waals surface area contributed by atoms with E-state index in [1.807, 2.05) is 6.07 Å². The van der Waals surface area contributed by atoms with Crippen LogP contribution in [0, 0.1) is 5.92 Å². The summed E-state index contributed by atoms with van der Waals surface area (Å²) in [5.41, 5.74) is 0.533. The first kappa shape index (κ1) is 25.1. The molecule has 178 valence electrons. The van der Waals surface area contributed by atoms with Gasteiger partial charge in [0.05, 0.1) is 17.2 Å². The van der Waals surface area contributed by atoms with E-state index in [9.17, 15) is 19.8 Å². The summed E-state index contributed by atoms with van der Waals surface area (Å²) in [4.78, 5) is 26.7. The molecule has 2 aromatic carbocycles. The highest BCUT2D eigenvalue weighted by atomic mass is 35.5. The maximum Gasteiger partial charge on any atom is 0.326 e. The summed E-state index contributed by atoms with van der Waals surface area (Å²) in [6, 6.07) is 8.97. The summed E-state index contributed by atoms with van der Waals surface area (Å²) >= 11 is 12.6. The number of halogens is 2. The van der Waals surface area contributed by atoms with Gasteiger partial charge in [0.15, 0.2) is 11.5 Å². The number of amides is 1. The molecule has 3 N–H and O–H groups in total. The second kappa shape index (κ2) is 11.6. The number of hydrogen-bond donors (Lipinski definition) is 3. The van der Waals surface area contributed by atoms with Crippen LogP contribution >= 0.6 is 23.2 Å². The van der Waals surface area contributed by atoms with Crippen molar-refractivity contribution in [2.24, 2.45) is 5.92 Å². The van der Waals surface area contributed by atoms with Gasteiger partial charge in [-0.15, -0.1) is 0 Å². The Morgan fingerprint density at radius 2 is 1.88 bits per heavy atom. The molecule has 1 atom stereocenters. The van der Waals surface area contributed by atoms with Crippen LogP contribution in [-0.4, -0.2) is 59.8 Å². The lowest BCUT2D eigenvalue weighted by Crippen LogP contribution is -2.42. The molecule has 0 bridgehead atoms. The summed E-state index contributed by atoms with van der Waals surface area (Å²) in [5.74, 6) is -1.83. The molecule has 0 unspecified atom stereocenters. The number of phenols is 1. The molecule has 0 radical (unpaired) electrons. The number of phenolic OH excluding ortho intramolecular Hbond substituents is 1. The van der Waals surface area contributed by atoms with Gasteiger partial charge >= 0.3 is 5.97 Å². The van der Waals surface area contributed by atoms with Crippen molar-refractivity contribution < 1.29 is 24.5 Å². The number of carboxylic acids is 1. The van der Waals surface area contributed by atoms with Crippen molar-refractivity contribution in [3.63, 3.8) is 0 Å². The fourth-order valence-electron chi connectivity index (χ4n) is 3.86. The number of likely N-dealkylation sites (tertiary alicyclic amines) is 1. The molecule has 0 aliphatic carbocycles. The number of carboxylic acid groups (broad SMARTS) is 1. The molecule has 0 spiro atoms. The SMILES string of the molecule is CN1CCC(CCOc2c(Cl)cc(C(=O)N[C@@H](Cc3ccccc3)C(=O)O)c(O)c2Cl)CC1. The Labute approximate surface area is 203 Å². The maximum absolute atomic E-state index is 12.7. The van der Waals surface area contributed by atoms with Gasteiger partial charge in [-0.05, 0) is 56.9 Å². The minimum atomic E-state index is -1.20. The number of piperidine rings is 1. The average molecular weight is 495 g/mol. The molecule has 1 aliphatic rings. The minimum Gasteiger partial charge on any atom is -0.505 e. The Bertz CT molecular complexity index is 979. The molecule has 3 rings (SSSR count). The second-order valence-electron chi connectivity index (χ2n) is 8.34. The average Bonchev–Trinajstić information content (AvgIpc) is 2.79. The van der Waals surface area contributed by atoms with E-state index < -0.39 is 23.7 Å². The number of ether oxygens (including phenoxy) is 1. The van der Waals surface area contributed by atoms with E-state index in [-0.39, 0.29) is 27.8 Å². The van der Waals surface area contributed by atoms with Gasteiger partial charge in [0, 0.05) is 6.42 Å². The van der Waals surface area contributed by atoms with Crippen LogP contribution in [0.15, 0.2) is 36.4 Å². The monoisotopic (exact) mass is 494 g/mol. The van der Waals surface area contributed by atoms with E-state index in [0.29, 0.717) is 12.5 Å². The first-order valence-electron chi connectivity index (χ1n) is 10.9. The number of aliphatic carboxylic acids is 1. The third kappa shape index (κ3) is 6.76. The van der Waals surface area contributed by atoms with Crippen molar-refractivity contribution in [1.29, 1.82) is 0 Å². The fourth-order valence-corrected chi connectivity index (χ4v) is 4.43. The number of hydrogen-bond acceptors (Lipinski definition) is 5. The third-order valence-corrected chi connectivity index (χ3v) is 6.52. The quantitative estimate of drug-likeness (QED) is 0.482.